The number of rotatable bonds is 8. The zero-order valence-electron chi connectivity index (χ0n) is 16.6. The van der Waals surface area contributed by atoms with Gasteiger partial charge in [-0.3, -0.25) is 9.89 Å². The molecule has 0 aliphatic carbocycles. The normalized spacial score (nSPS) is 17.9. The van der Waals surface area contributed by atoms with Crippen LogP contribution < -0.4 is 15.4 Å². The smallest absolute Gasteiger partial charge is 0.191 e. The molecule has 1 heterocycles. The van der Waals surface area contributed by atoms with Gasteiger partial charge < -0.3 is 15.4 Å². The predicted octanol–water partition coefficient (Wildman–Crippen LogP) is 3.28. The van der Waals surface area contributed by atoms with E-state index in [1.165, 1.54) is 24.9 Å². The van der Waals surface area contributed by atoms with E-state index in [0.29, 0.717) is 6.04 Å². The van der Waals surface area contributed by atoms with Gasteiger partial charge in [-0.2, -0.15) is 0 Å². The van der Waals surface area contributed by atoms with E-state index in [9.17, 15) is 0 Å². The highest BCUT2D eigenvalue weighted by Gasteiger charge is 2.22. The van der Waals surface area contributed by atoms with E-state index in [0.717, 1.165) is 37.8 Å². The van der Waals surface area contributed by atoms with Crippen LogP contribution in [0.4, 0.5) is 0 Å². The molecule has 1 atom stereocenters. The molecule has 0 spiro atoms. The van der Waals surface area contributed by atoms with Crippen molar-refractivity contribution in [2.75, 3.05) is 33.2 Å². The van der Waals surface area contributed by atoms with Crippen molar-refractivity contribution in [1.29, 1.82) is 0 Å². The van der Waals surface area contributed by atoms with Crippen molar-refractivity contribution in [3.63, 3.8) is 0 Å². The average molecular weight is 474 g/mol. The Labute approximate surface area is 176 Å². The van der Waals surface area contributed by atoms with Crippen molar-refractivity contribution < 1.29 is 4.74 Å². The molecule has 1 aliphatic heterocycles. The molecule has 2 N–H and O–H groups in total. The molecule has 1 aromatic carbocycles. The maximum Gasteiger partial charge on any atom is 0.191 e. The molecule has 6 heteroatoms. The largest absolute Gasteiger partial charge is 0.491 e. The SMILES string of the molecule is CCN1CCCC1CNC(=NC)NCCc1ccc(OC(C)C)cc1.I. The van der Waals surface area contributed by atoms with Gasteiger partial charge in [-0.1, -0.05) is 19.1 Å². The highest BCUT2D eigenvalue weighted by molar-refractivity contribution is 14.0. The Kier molecular flexibility index (Phi) is 11.0. The minimum Gasteiger partial charge on any atom is -0.491 e. The number of likely N-dealkylation sites (N-methyl/N-ethyl adjacent to an activating group) is 1. The first-order valence-electron chi connectivity index (χ1n) is 9.56. The Morgan fingerprint density at radius 2 is 2.00 bits per heavy atom. The van der Waals surface area contributed by atoms with Crippen LogP contribution in [0.5, 0.6) is 5.75 Å². The molecule has 0 radical (unpaired) electrons. The molecule has 26 heavy (non-hydrogen) atoms. The molecule has 1 aromatic rings. The quantitative estimate of drug-likeness (QED) is 0.345. The fourth-order valence-electron chi connectivity index (χ4n) is 3.31. The van der Waals surface area contributed by atoms with Crippen LogP contribution in [0.2, 0.25) is 0 Å². The maximum atomic E-state index is 5.68. The number of benzene rings is 1. The van der Waals surface area contributed by atoms with Gasteiger partial charge in [-0.25, -0.2) is 0 Å². The summed E-state index contributed by atoms with van der Waals surface area (Å²) in [4.78, 5) is 6.88. The third-order valence-corrected chi connectivity index (χ3v) is 4.64. The van der Waals surface area contributed by atoms with Crippen LogP contribution in [0.1, 0.15) is 39.2 Å². The van der Waals surface area contributed by atoms with Crippen molar-refractivity contribution >= 4 is 29.9 Å². The molecule has 1 fully saturated rings. The molecular formula is C20H35IN4O. The van der Waals surface area contributed by atoms with Crippen molar-refractivity contribution in [3.8, 4) is 5.75 Å². The number of aliphatic imine (C=N–C) groups is 1. The summed E-state index contributed by atoms with van der Waals surface area (Å²) in [7, 11) is 1.83. The lowest BCUT2D eigenvalue weighted by Crippen LogP contribution is -2.45. The fourth-order valence-corrected chi connectivity index (χ4v) is 3.31. The second-order valence-corrected chi connectivity index (χ2v) is 6.87. The summed E-state index contributed by atoms with van der Waals surface area (Å²) >= 11 is 0. The van der Waals surface area contributed by atoms with Crippen LogP contribution in [0.3, 0.4) is 0 Å². The molecule has 5 nitrogen and oxygen atoms in total. The summed E-state index contributed by atoms with van der Waals surface area (Å²) in [5, 5.41) is 6.88. The monoisotopic (exact) mass is 474 g/mol. The summed E-state index contributed by atoms with van der Waals surface area (Å²) in [6.07, 6.45) is 3.77. The first-order chi connectivity index (χ1) is 12.1. The lowest BCUT2D eigenvalue weighted by molar-refractivity contribution is 0.242. The van der Waals surface area contributed by atoms with Gasteiger partial charge in [0.05, 0.1) is 6.10 Å². The second kappa shape index (κ2) is 12.4. The Morgan fingerprint density at radius 1 is 1.27 bits per heavy atom. The first-order valence-corrected chi connectivity index (χ1v) is 9.56. The number of ether oxygens (including phenoxy) is 1. The van der Waals surface area contributed by atoms with Crippen LogP contribution in [0, 0.1) is 0 Å². The van der Waals surface area contributed by atoms with Crippen LogP contribution >= 0.6 is 24.0 Å². The van der Waals surface area contributed by atoms with E-state index in [4.69, 9.17) is 4.74 Å². The van der Waals surface area contributed by atoms with Crippen LogP contribution in [0.15, 0.2) is 29.3 Å². The summed E-state index contributed by atoms with van der Waals surface area (Å²) in [5.74, 6) is 1.82. The van der Waals surface area contributed by atoms with E-state index in [1.54, 1.807) is 0 Å². The van der Waals surface area contributed by atoms with E-state index in [1.807, 2.05) is 33.0 Å². The van der Waals surface area contributed by atoms with Crippen molar-refractivity contribution in [3.05, 3.63) is 29.8 Å². The molecular weight excluding hydrogens is 439 g/mol. The number of halogens is 1. The fraction of sp³-hybridized carbons (Fsp3) is 0.650. The van der Waals surface area contributed by atoms with Gasteiger partial charge in [0.1, 0.15) is 5.75 Å². The number of likely N-dealkylation sites (tertiary alicyclic amines) is 1. The highest BCUT2D eigenvalue weighted by Crippen LogP contribution is 2.15. The van der Waals surface area contributed by atoms with Gasteiger partial charge in [0.15, 0.2) is 5.96 Å². The third kappa shape index (κ3) is 7.70. The molecule has 1 aliphatic rings. The molecule has 0 bridgehead atoms. The topological polar surface area (TPSA) is 48.9 Å². The van der Waals surface area contributed by atoms with Gasteiger partial charge in [0.25, 0.3) is 0 Å². The number of guanidine groups is 1. The Balaban J connectivity index is 0.00000338. The van der Waals surface area contributed by atoms with Crippen LogP contribution in [-0.2, 0) is 6.42 Å². The molecule has 0 saturated carbocycles. The predicted molar refractivity (Wildman–Crippen MR) is 121 cm³/mol. The summed E-state index contributed by atoms with van der Waals surface area (Å²) in [6, 6.07) is 8.99. The van der Waals surface area contributed by atoms with E-state index in [-0.39, 0.29) is 30.1 Å². The summed E-state index contributed by atoms with van der Waals surface area (Å²) < 4.78 is 5.68. The number of hydrogen-bond acceptors (Lipinski definition) is 3. The summed E-state index contributed by atoms with van der Waals surface area (Å²) in [5.41, 5.74) is 1.30. The average Bonchev–Trinajstić information content (AvgIpc) is 3.06. The zero-order valence-corrected chi connectivity index (χ0v) is 19.0. The van der Waals surface area contributed by atoms with Crippen molar-refractivity contribution in [2.45, 2.75) is 52.2 Å². The van der Waals surface area contributed by atoms with Crippen molar-refractivity contribution in [1.82, 2.24) is 15.5 Å². The minimum atomic E-state index is 0. The third-order valence-electron chi connectivity index (χ3n) is 4.64. The van der Waals surface area contributed by atoms with E-state index in [2.05, 4.69) is 39.6 Å². The Morgan fingerprint density at radius 3 is 2.62 bits per heavy atom. The lowest BCUT2D eigenvalue weighted by atomic mass is 10.1. The molecule has 0 amide bonds. The first kappa shape index (κ1) is 23.0. The molecule has 0 aromatic heterocycles. The van der Waals surface area contributed by atoms with E-state index >= 15 is 0 Å². The standard InChI is InChI=1S/C20H34N4O.HI/c1-5-24-14-6-7-18(24)15-23-20(21-4)22-13-12-17-8-10-19(11-9-17)25-16(2)3;/h8-11,16,18H,5-7,12-15H2,1-4H3,(H2,21,22,23);1H. The zero-order chi connectivity index (χ0) is 18.1. The van der Waals surface area contributed by atoms with Crippen LogP contribution in [-0.4, -0.2) is 56.2 Å². The van der Waals surface area contributed by atoms with Crippen molar-refractivity contribution in [2.24, 2.45) is 4.99 Å². The van der Waals surface area contributed by atoms with Crippen LogP contribution in [0.25, 0.3) is 0 Å². The molecule has 148 valence electrons. The van der Waals surface area contributed by atoms with Gasteiger partial charge in [-0.05, 0) is 63.9 Å². The van der Waals surface area contributed by atoms with E-state index < -0.39 is 0 Å². The number of hydrogen-bond donors (Lipinski definition) is 2. The Bertz CT molecular complexity index is 533. The van der Waals surface area contributed by atoms with Gasteiger partial charge >= 0.3 is 0 Å². The minimum absolute atomic E-state index is 0. The Hall–Kier alpha value is -1.02. The molecule has 1 saturated heterocycles. The second-order valence-electron chi connectivity index (χ2n) is 6.87. The molecule has 1 unspecified atom stereocenters. The van der Waals surface area contributed by atoms with Gasteiger partial charge in [-0.15, -0.1) is 24.0 Å². The number of nitrogens with zero attached hydrogens (tertiary/aromatic N) is 2. The maximum absolute atomic E-state index is 5.68. The van der Waals surface area contributed by atoms with Gasteiger partial charge in [0, 0.05) is 26.2 Å². The number of nitrogens with one attached hydrogen (secondary N) is 2. The highest BCUT2D eigenvalue weighted by atomic mass is 127. The molecule has 2 rings (SSSR count). The summed E-state index contributed by atoms with van der Waals surface area (Å²) in [6.45, 7) is 10.5. The lowest BCUT2D eigenvalue weighted by Gasteiger charge is -2.24. The van der Waals surface area contributed by atoms with Gasteiger partial charge in [0.2, 0.25) is 0 Å².